The lowest BCUT2D eigenvalue weighted by Crippen LogP contribution is -2.39. The number of nitrogens with one attached hydrogen (secondary N) is 1. The average Bonchev–Trinajstić information content (AvgIpc) is 3.12. The van der Waals surface area contributed by atoms with Crippen molar-refractivity contribution in [2.24, 2.45) is 0 Å². The molecule has 1 aliphatic carbocycles. The maximum Gasteiger partial charge on any atom is 0.238 e. The third-order valence-electron chi connectivity index (χ3n) is 3.57. The highest BCUT2D eigenvalue weighted by atomic mass is 32.1. The standard InChI is InChI=1S/C14H18N4OS/c1-9(2)18(10-6-7-10)8-13(19)15-11-4-3-5-12-14(11)17-20-16-12/h3-5,9-10H,6-8H2,1-2H3,(H,15,19). The Balaban J connectivity index is 1.70. The molecule has 0 bridgehead atoms. The fourth-order valence-electron chi connectivity index (χ4n) is 2.40. The molecule has 0 radical (unpaired) electrons. The molecule has 6 heteroatoms. The lowest BCUT2D eigenvalue weighted by Gasteiger charge is -2.25. The van der Waals surface area contributed by atoms with Crippen LogP contribution in [0.2, 0.25) is 0 Å². The van der Waals surface area contributed by atoms with Gasteiger partial charge in [0.25, 0.3) is 0 Å². The van der Waals surface area contributed by atoms with Gasteiger partial charge in [0.05, 0.1) is 24.0 Å². The zero-order chi connectivity index (χ0) is 14.1. The molecule has 0 spiro atoms. The number of carbonyl (C=O) groups excluding carboxylic acids is 1. The largest absolute Gasteiger partial charge is 0.323 e. The molecule has 20 heavy (non-hydrogen) atoms. The number of nitrogens with zero attached hydrogens (tertiary/aromatic N) is 3. The van der Waals surface area contributed by atoms with E-state index in [1.807, 2.05) is 18.2 Å². The van der Waals surface area contributed by atoms with Crippen LogP contribution < -0.4 is 5.32 Å². The Labute approximate surface area is 122 Å². The maximum atomic E-state index is 12.2. The van der Waals surface area contributed by atoms with Crippen molar-refractivity contribution in [3.8, 4) is 0 Å². The van der Waals surface area contributed by atoms with Crippen LogP contribution in [0.15, 0.2) is 18.2 Å². The Hall–Kier alpha value is -1.53. The molecule has 1 N–H and O–H groups in total. The van der Waals surface area contributed by atoms with E-state index in [9.17, 15) is 4.79 Å². The van der Waals surface area contributed by atoms with Crippen LogP contribution in [0.5, 0.6) is 0 Å². The van der Waals surface area contributed by atoms with Gasteiger partial charge in [-0.15, -0.1) is 0 Å². The lowest BCUT2D eigenvalue weighted by atomic mass is 10.2. The van der Waals surface area contributed by atoms with Crippen molar-refractivity contribution in [2.45, 2.75) is 38.8 Å². The highest BCUT2D eigenvalue weighted by molar-refractivity contribution is 7.00. The van der Waals surface area contributed by atoms with Crippen molar-refractivity contribution >= 4 is 34.4 Å². The van der Waals surface area contributed by atoms with E-state index in [0.29, 0.717) is 18.6 Å². The Kier molecular flexibility index (Phi) is 3.67. The van der Waals surface area contributed by atoms with E-state index in [1.54, 1.807) is 0 Å². The fraction of sp³-hybridized carbons (Fsp3) is 0.500. The number of rotatable bonds is 5. The van der Waals surface area contributed by atoms with Crippen molar-refractivity contribution < 1.29 is 4.79 Å². The first-order chi connectivity index (χ1) is 9.65. The van der Waals surface area contributed by atoms with Crippen LogP contribution >= 0.6 is 11.7 Å². The second kappa shape index (κ2) is 5.46. The minimum Gasteiger partial charge on any atom is -0.323 e. The summed E-state index contributed by atoms with van der Waals surface area (Å²) in [6.07, 6.45) is 2.41. The third kappa shape index (κ3) is 2.81. The Bertz CT molecular complexity index is 618. The molecule has 2 aromatic rings. The summed E-state index contributed by atoms with van der Waals surface area (Å²) in [5.41, 5.74) is 2.35. The normalized spacial score (nSPS) is 15.2. The highest BCUT2D eigenvalue weighted by Crippen LogP contribution is 2.28. The number of hydrogen-bond acceptors (Lipinski definition) is 5. The molecule has 1 amide bonds. The number of anilines is 1. The second-order valence-electron chi connectivity index (χ2n) is 5.48. The van der Waals surface area contributed by atoms with Gasteiger partial charge < -0.3 is 5.32 Å². The van der Waals surface area contributed by atoms with E-state index < -0.39 is 0 Å². The molecule has 106 valence electrons. The SMILES string of the molecule is CC(C)N(CC(=O)Nc1cccc2nsnc12)C1CC1. The van der Waals surface area contributed by atoms with Gasteiger partial charge in [0.2, 0.25) is 5.91 Å². The highest BCUT2D eigenvalue weighted by Gasteiger charge is 2.31. The van der Waals surface area contributed by atoms with Gasteiger partial charge in [-0.05, 0) is 38.8 Å². The van der Waals surface area contributed by atoms with Crippen molar-refractivity contribution in [2.75, 3.05) is 11.9 Å². The molecule has 3 rings (SSSR count). The van der Waals surface area contributed by atoms with E-state index in [0.717, 1.165) is 16.7 Å². The number of benzene rings is 1. The third-order valence-corrected chi connectivity index (χ3v) is 4.11. The topological polar surface area (TPSA) is 58.1 Å². The Morgan fingerprint density at radius 3 is 2.95 bits per heavy atom. The molecule has 0 saturated heterocycles. The molecule has 1 fully saturated rings. The fourth-order valence-corrected chi connectivity index (χ4v) is 2.95. The van der Waals surface area contributed by atoms with Gasteiger partial charge in [0, 0.05) is 12.1 Å². The van der Waals surface area contributed by atoms with Crippen LogP contribution in [0.3, 0.4) is 0 Å². The van der Waals surface area contributed by atoms with Crippen LogP contribution in [-0.2, 0) is 4.79 Å². The summed E-state index contributed by atoms with van der Waals surface area (Å²) in [6.45, 7) is 4.71. The molecular weight excluding hydrogens is 272 g/mol. The average molecular weight is 290 g/mol. The van der Waals surface area contributed by atoms with Crippen molar-refractivity contribution in [1.82, 2.24) is 13.6 Å². The number of aromatic nitrogens is 2. The summed E-state index contributed by atoms with van der Waals surface area (Å²) in [5.74, 6) is 0.0195. The molecule has 1 saturated carbocycles. The summed E-state index contributed by atoms with van der Waals surface area (Å²) in [7, 11) is 0. The van der Waals surface area contributed by atoms with E-state index in [2.05, 4.69) is 32.8 Å². The number of amides is 1. The van der Waals surface area contributed by atoms with Crippen LogP contribution in [-0.4, -0.2) is 38.2 Å². The van der Waals surface area contributed by atoms with Crippen molar-refractivity contribution in [3.63, 3.8) is 0 Å². The zero-order valence-electron chi connectivity index (χ0n) is 11.7. The van der Waals surface area contributed by atoms with Crippen LogP contribution in [0.25, 0.3) is 11.0 Å². The summed E-state index contributed by atoms with van der Waals surface area (Å²) in [4.78, 5) is 14.5. The van der Waals surface area contributed by atoms with Gasteiger partial charge in [0.15, 0.2) is 0 Å². The second-order valence-corrected chi connectivity index (χ2v) is 6.01. The van der Waals surface area contributed by atoms with Crippen LogP contribution in [0.4, 0.5) is 5.69 Å². The monoisotopic (exact) mass is 290 g/mol. The number of fused-ring (bicyclic) bond motifs is 1. The molecule has 0 atom stereocenters. The number of carbonyl (C=O) groups is 1. The maximum absolute atomic E-state index is 12.2. The number of hydrogen-bond donors (Lipinski definition) is 1. The molecule has 1 heterocycles. The quantitative estimate of drug-likeness (QED) is 0.919. The minimum absolute atomic E-state index is 0.0195. The molecule has 0 aliphatic heterocycles. The van der Waals surface area contributed by atoms with Gasteiger partial charge in [-0.25, -0.2) is 0 Å². The first-order valence-corrected chi connectivity index (χ1v) is 7.65. The van der Waals surface area contributed by atoms with Gasteiger partial charge in [-0.1, -0.05) is 6.07 Å². The van der Waals surface area contributed by atoms with E-state index in [-0.39, 0.29) is 5.91 Å². The Morgan fingerprint density at radius 2 is 2.25 bits per heavy atom. The van der Waals surface area contributed by atoms with Gasteiger partial charge in [-0.2, -0.15) is 8.75 Å². The Morgan fingerprint density at radius 1 is 1.45 bits per heavy atom. The van der Waals surface area contributed by atoms with Crippen LogP contribution in [0, 0.1) is 0 Å². The molecular formula is C14H18N4OS. The zero-order valence-corrected chi connectivity index (χ0v) is 12.5. The molecule has 1 aliphatic rings. The molecule has 0 unspecified atom stereocenters. The predicted octanol–water partition coefficient (Wildman–Crippen LogP) is 2.50. The summed E-state index contributed by atoms with van der Waals surface area (Å²) in [6, 6.07) is 6.64. The van der Waals surface area contributed by atoms with E-state index in [4.69, 9.17) is 0 Å². The van der Waals surface area contributed by atoms with Crippen molar-refractivity contribution in [3.05, 3.63) is 18.2 Å². The van der Waals surface area contributed by atoms with Gasteiger partial charge >= 0.3 is 0 Å². The lowest BCUT2D eigenvalue weighted by molar-refractivity contribution is -0.117. The van der Waals surface area contributed by atoms with Gasteiger partial charge in [0.1, 0.15) is 11.0 Å². The molecule has 5 nitrogen and oxygen atoms in total. The van der Waals surface area contributed by atoms with Gasteiger partial charge in [-0.3, -0.25) is 9.69 Å². The van der Waals surface area contributed by atoms with E-state index >= 15 is 0 Å². The summed E-state index contributed by atoms with van der Waals surface area (Å²) >= 11 is 1.17. The summed E-state index contributed by atoms with van der Waals surface area (Å²) < 4.78 is 8.42. The molecule has 1 aromatic carbocycles. The first kappa shape index (κ1) is 13.5. The molecule has 1 aromatic heterocycles. The smallest absolute Gasteiger partial charge is 0.238 e. The van der Waals surface area contributed by atoms with Crippen molar-refractivity contribution in [1.29, 1.82) is 0 Å². The van der Waals surface area contributed by atoms with E-state index in [1.165, 1.54) is 24.6 Å². The first-order valence-electron chi connectivity index (χ1n) is 6.92. The predicted molar refractivity (Wildman–Crippen MR) is 80.9 cm³/mol. The summed E-state index contributed by atoms with van der Waals surface area (Å²) in [5, 5.41) is 2.96. The minimum atomic E-state index is 0.0195. The van der Waals surface area contributed by atoms with Crippen LogP contribution in [0.1, 0.15) is 26.7 Å².